The second-order valence-electron chi connectivity index (χ2n) is 7.63. The Morgan fingerprint density at radius 3 is 2.31 bits per heavy atom. The van der Waals surface area contributed by atoms with Crippen LogP contribution in [0.15, 0.2) is 48.5 Å². The number of rotatable bonds is 9. The van der Waals surface area contributed by atoms with E-state index in [2.05, 4.69) is 5.32 Å². The zero-order valence-electron chi connectivity index (χ0n) is 16.8. The molecule has 5 nitrogen and oxygen atoms in total. The molecule has 0 aliphatic carbocycles. The molecular formula is C21H26Cl2N2O3S. The average molecular weight is 457 g/mol. The van der Waals surface area contributed by atoms with Crippen LogP contribution in [0.4, 0.5) is 5.69 Å². The normalized spacial score (nSPS) is 11.9. The topological polar surface area (TPSA) is 66.5 Å². The summed E-state index contributed by atoms with van der Waals surface area (Å²) in [4.78, 5) is 12.4. The van der Waals surface area contributed by atoms with Gasteiger partial charge in [0.25, 0.3) is 0 Å². The Morgan fingerprint density at radius 1 is 1.07 bits per heavy atom. The fourth-order valence-corrected chi connectivity index (χ4v) is 4.35. The quantitative estimate of drug-likeness (QED) is 0.595. The number of hydrogen-bond donors (Lipinski definition) is 1. The highest BCUT2D eigenvalue weighted by atomic mass is 35.5. The van der Waals surface area contributed by atoms with Crippen molar-refractivity contribution in [3.05, 3.63) is 64.1 Å². The number of carbonyl (C=O) groups is 1. The van der Waals surface area contributed by atoms with Crippen molar-refractivity contribution in [2.45, 2.75) is 38.6 Å². The predicted octanol–water partition coefficient (Wildman–Crippen LogP) is 4.68. The van der Waals surface area contributed by atoms with E-state index >= 15 is 0 Å². The first-order valence-electron chi connectivity index (χ1n) is 9.26. The molecule has 0 bridgehead atoms. The van der Waals surface area contributed by atoms with Gasteiger partial charge in [-0.1, -0.05) is 53.5 Å². The Morgan fingerprint density at radius 2 is 1.72 bits per heavy atom. The van der Waals surface area contributed by atoms with Crippen molar-refractivity contribution in [3.8, 4) is 0 Å². The molecule has 0 saturated heterocycles. The van der Waals surface area contributed by atoms with Crippen LogP contribution in [0.1, 0.15) is 32.3 Å². The summed E-state index contributed by atoms with van der Waals surface area (Å²) in [5.41, 5.74) is 1.16. The van der Waals surface area contributed by atoms with Gasteiger partial charge in [-0.3, -0.25) is 9.10 Å². The van der Waals surface area contributed by atoms with Crippen molar-refractivity contribution in [1.82, 2.24) is 5.32 Å². The van der Waals surface area contributed by atoms with Crippen molar-refractivity contribution in [3.63, 3.8) is 0 Å². The van der Waals surface area contributed by atoms with Crippen LogP contribution in [-0.2, 0) is 21.2 Å². The number of carbonyl (C=O) groups excluding carboxylic acids is 1. The number of sulfonamides is 1. The highest BCUT2D eigenvalue weighted by Gasteiger charge is 2.22. The Labute approximate surface area is 183 Å². The molecule has 0 aliphatic heterocycles. The maximum Gasteiger partial charge on any atom is 0.232 e. The van der Waals surface area contributed by atoms with Gasteiger partial charge in [0.15, 0.2) is 0 Å². The van der Waals surface area contributed by atoms with Gasteiger partial charge in [0.1, 0.15) is 0 Å². The van der Waals surface area contributed by atoms with Crippen molar-refractivity contribution >= 4 is 44.8 Å². The van der Waals surface area contributed by atoms with Gasteiger partial charge in [-0.15, -0.1) is 0 Å². The minimum Gasteiger partial charge on any atom is -0.351 e. The monoisotopic (exact) mass is 456 g/mol. The van der Waals surface area contributed by atoms with Crippen LogP contribution < -0.4 is 9.62 Å². The van der Waals surface area contributed by atoms with Crippen molar-refractivity contribution in [1.29, 1.82) is 0 Å². The van der Waals surface area contributed by atoms with Gasteiger partial charge in [0, 0.05) is 18.5 Å². The molecule has 0 fully saturated rings. The summed E-state index contributed by atoms with van der Waals surface area (Å²) >= 11 is 11.9. The summed E-state index contributed by atoms with van der Waals surface area (Å²) in [7, 11) is -3.52. The van der Waals surface area contributed by atoms with Gasteiger partial charge < -0.3 is 5.32 Å². The minimum absolute atomic E-state index is 0.117. The third-order valence-corrected chi connectivity index (χ3v) is 6.26. The minimum atomic E-state index is -3.52. The lowest BCUT2D eigenvalue weighted by Gasteiger charge is -2.27. The number of nitrogens with one attached hydrogen (secondary N) is 1. The van der Waals surface area contributed by atoms with Gasteiger partial charge in [0.05, 0.1) is 22.0 Å². The number of halogens is 2. The van der Waals surface area contributed by atoms with Crippen LogP contribution >= 0.6 is 23.2 Å². The average Bonchev–Trinajstić information content (AvgIpc) is 2.60. The first-order valence-corrected chi connectivity index (χ1v) is 11.9. The van der Waals surface area contributed by atoms with Crippen LogP contribution in [-0.4, -0.2) is 32.7 Å². The molecule has 0 aliphatic rings. The lowest BCUT2D eigenvalue weighted by molar-refractivity contribution is -0.122. The highest BCUT2D eigenvalue weighted by molar-refractivity contribution is 7.92. The zero-order valence-corrected chi connectivity index (χ0v) is 19.1. The number of nitrogens with zero attached hydrogens (tertiary/aromatic N) is 1. The predicted molar refractivity (Wildman–Crippen MR) is 120 cm³/mol. The molecule has 29 heavy (non-hydrogen) atoms. The van der Waals surface area contributed by atoms with Crippen LogP contribution in [0.5, 0.6) is 0 Å². The SMILES string of the molecule is CC(C)(Cc1ccccc1)NC(=O)CCCN(c1ccc(Cl)c(Cl)c1)S(C)(=O)=O. The summed E-state index contributed by atoms with van der Waals surface area (Å²) in [6.07, 6.45) is 2.42. The maximum absolute atomic E-state index is 12.4. The van der Waals surface area contributed by atoms with Crippen LogP contribution in [0.25, 0.3) is 0 Å². The molecular weight excluding hydrogens is 431 g/mol. The highest BCUT2D eigenvalue weighted by Crippen LogP contribution is 2.28. The van der Waals surface area contributed by atoms with Gasteiger partial charge in [-0.25, -0.2) is 8.42 Å². The molecule has 2 aromatic rings. The second-order valence-corrected chi connectivity index (χ2v) is 10.4. The Balaban J connectivity index is 1.94. The zero-order chi connectivity index (χ0) is 21.7. The number of amides is 1. The van der Waals surface area contributed by atoms with Crippen LogP contribution in [0.2, 0.25) is 10.0 Å². The summed E-state index contributed by atoms with van der Waals surface area (Å²) in [6, 6.07) is 14.6. The van der Waals surface area contributed by atoms with E-state index in [9.17, 15) is 13.2 Å². The first-order chi connectivity index (χ1) is 13.5. The molecule has 2 rings (SSSR count). The van der Waals surface area contributed by atoms with E-state index in [1.165, 1.54) is 10.4 Å². The van der Waals surface area contributed by atoms with E-state index in [0.717, 1.165) is 11.8 Å². The molecule has 1 amide bonds. The van der Waals surface area contributed by atoms with Gasteiger partial charge in [-0.2, -0.15) is 0 Å². The van der Waals surface area contributed by atoms with Crippen LogP contribution in [0, 0.1) is 0 Å². The molecule has 1 N–H and O–H groups in total. The van der Waals surface area contributed by atoms with E-state index in [1.54, 1.807) is 12.1 Å². The number of hydrogen-bond acceptors (Lipinski definition) is 3. The van der Waals surface area contributed by atoms with E-state index in [-0.39, 0.29) is 23.9 Å². The number of anilines is 1. The molecule has 0 radical (unpaired) electrons. The lowest BCUT2D eigenvalue weighted by atomic mass is 9.94. The molecule has 8 heteroatoms. The largest absolute Gasteiger partial charge is 0.351 e. The maximum atomic E-state index is 12.4. The Bertz CT molecular complexity index is 948. The Hall–Kier alpha value is -1.76. The lowest BCUT2D eigenvalue weighted by Crippen LogP contribution is -2.45. The molecule has 0 aromatic heterocycles. The number of benzene rings is 2. The standard InChI is InChI=1S/C21H26Cl2N2O3S/c1-21(2,15-16-8-5-4-6-9-16)24-20(26)10-7-13-25(29(3,27)28)17-11-12-18(22)19(23)14-17/h4-6,8-9,11-12,14H,7,10,13,15H2,1-3H3,(H,24,26). The van der Waals surface area contributed by atoms with E-state index in [1.807, 2.05) is 44.2 Å². The summed E-state index contributed by atoms with van der Waals surface area (Å²) in [5, 5.41) is 3.66. The third-order valence-electron chi connectivity index (χ3n) is 4.32. The summed E-state index contributed by atoms with van der Waals surface area (Å²) < 4.78 is 25.6. The van der Waals surface area contributed by atoms with Crippen molar-refractivity contribution in [2.75, 3.05) is 17.1 Å². The molecule has 0 spiro atoms. The second kappa shape index (κ2) is 9.83. The molecule has 158 valence electrons. The van der Waals surface area contributed by atoms with E-state index in [0.29, 0.717) is 23.6 Å². The van der Waals surface area contributed by atoms with Gasteiger partial charge in [-0.05, 0) is 50.5 Å². The molecule has 0 unspecified atom stereocenters. The fourth-order valence-electron chi connectivity index (χ4n) is 3.10. The van der Waals surface area contributed by atoms with Crippen molar-refractivity contribution < 1.29 is 13.2 Å². The van der Waals surface area contributed by atoms with Gasteiger partial charge in [0.2, 0.25) is 15.9 Å². The first kappa shape index (κ1) is 23.5. The summed E-state index contributed by atoms with van der Waals surface area (Å²) in [6.45, 7) is 4.11. The van der Waals surface area contributed by atoms with E-state index < -0.39 is 15.6 Å². The molecule has 0 atom stereocenters. The molecule has 0 saturated carbocycles. The summed E-state index contributed by atoms with van der Waals surface area (Å²) in [5.74, 6) is -0.117. The smallest absolute Gasteiger partial charge is 0.232 e. The third kappa shape index (κ3) is 7.53. The van der Waals surface area contributed by atoms with E-state index in [4.69, 9.17) is 23.2 Å². The molecule has 0 heterocycles. The Kier molecular flexibility index (Phi) is 7.97. The van der Waals surface area contributed by atoms with Crippen LogP contribution in [0.3, 0.4) is 0 Å². The van der Waals surface area contributed by atoms with Crippen molar-refractivity contribution in [2.24, 2.45) is 0 Å². The van der Waals surface area contributed by atoms with Gasteiger partial charge >= 0.3 is 0 Å². The molecule has 2 aromatic carbocycles. The fraction of sp³-hybridized carbons (Fsp3) is 0.381.